The van der Waals surface area contributed by atoms with Crippen molar-refractivity contribution in [2.45, 2.75) is 33.1 Å². The molecular formula is C13H17NO. The summed E-state index contributed by atoms with van der Waals surface area (Å²) in [7, 11) is 0. The highest BCUT2D eigenvalue weighted by atomic mass is 16.1. The Labute approximate surface area is 91.0 Å². The minimum atomic E-state index is 0.119. The van der Waals surface area contributed by atoms with E-state index in [0.717, 1.165) is 18.5 Å². The number of aryl methyl sites for hydroxylation is 1. The molecule has 0 N–H and O–H groups in total. The molecule has 15 heavy (non-hydrogen) atoms. The molecule has 0 spiro atoms. The van der Waals surface area contributed by atoms with Crippen molar-refractivity contribution >= 4 is 5.78 Å². The molecule has 0 amide bonds. The fourth-order valence-electron chi connectivity index (χ4n) is 1.26. The normalized spacial score (nSPS) is 10.8. The number of nitrogens with zero attached hydrogens (tertiary/aromatic N) is 1. The molecule has 2 nitrogen and oxygen atoms in total. The molecule has 0 saturated heterocycles. The van der Waals surface area contributed by atoms with Gasteiger partial charge in [-0.1, -0.05) is 26.0 Å². The van der Waals surface area contributed by atoms with Gasteiger partial charge < -0.3 is 0 Å². The number of rotatable bonds is 5. The second kappa shape index (κ2) is 6.12. The van der Waals surface area contributed by atoms with Gasteiger partial charge in [0.1, 0.15) is 0 Å². The van der Waals surface area contributed by atoms with Gasteiger partial charge in [-0.25, -0.2) is 0 Å². The van der Waals surface area contributed by atoms with Gasteiger partial charge in [-0.05, 0) is 30.5 Å². The number of hydrogen-bond donors (Lipinski definition) is 0. The number of allylic oxidation sites excluding steroid dienone is 2. The molecule has 0 aliphatic rings. The zero-order valence-electron chi connectivity index (χ0n) is 9.36. The Kier molecular flexibility index (Phi) is 4.75. The van der Waals surface area contributed by atoms with E-state index in [-0.39, 0.29) is 5.78 Å². The van der Waals surface area contributed by atoms with Crippen LogP contribution in [-0.4, -0.2) is 10.8 Å². The summed E-state index contributed by atoms with van der Waals surface area (Å²) >= 11 is 0. The Bertz CT molecular complexity index is 338. The van der Waals surface area contributed by atoms with Crippen LogP contribution in [0.3, 0.4) is 0 Å². The molecule has 0 radical (unpaired) electrons. The zero-order chi connectivity index (χ0) is 11.1. The summed E-state index contributed by atoms with van der Waals surface area (Å²) in [5.41, 5.74) is 2.05. The summed E-state index contributed by atoms with van der Waals surface area (Å²) in [6, 6.07) is 3.95. The Hall–Kier alpha value is -1.44. The zero-order valence-corrected chi connectivity index (χ0v) is 9.36. The van der Waals surface area contributed by atoms with Crippen molar-refractivity contribution in [1.82, 2.24) is 4.98 Å². The van der Waals surface area contributed by atoms with E-state index in [1.807, 2.05) is 31.3 Å². The van der Waals surface area contributed by atoms with Gasteiger partial charge in [-0.3, -0.25) is 9.78 Å². The third kappa shape index (κ3) is 4.07. The SMILES string of the molecule is CC/C=C/C(=O)Cc1ccc(CC)cn1. The lowest BCUT2D eigenvalue weighted by Gasteiger charge is -1.99. The molecule has 0 unspecified atom stereocenters. The van der Waals surface area contributed by atoms with E-state index in [2.05, 4.69) is 11.9 Å². The van der Waals surface area contributed by atoms with E-state index in [1.54, 1.807) is 6.08 Å². The first kappa shape index (κ1) is 11.6. The van der Waals surface area contributed by atoms with Gasteiger partial charge in [0.2, 0.25) is 0 Å². The summed E-state index contributed by atoms with van der Waals surface area (Å²) < 4.78 is 0. The minimum Gasteiger partial charge on any atom is -0.294 e. The first-order valence-corrected chi connectivity index (χ1v) is 5.39. The average Bonchev–Trinajstić information content (AvgIpc) is 2.27. The van der Waals surface area contributed by atoms with E-state index < -0.39 is 0 Å². The third-order valence-corrected chi connectivity index (χ3v) is 2.19. The van der Waals surface area contributed by atoms with Crippen molar-refractivity contribution in [1.29, 1.82) is 0 Å². The van der Waals surface area contributed by atoms with E-state index in [9.17, 15) is 4.79 Å². The van der Waals surface area contributed by atoms with Crippen LogP contribution >= 0.6 is 0 Å². The van der Waals surface area contributed by atoms with Gasteiger partial charge in [0.15, 0.2) is 5.78 Å². The molecule has 1 heterocycles. The van der Waals surface area contributed by atoms with Crippen molar-refractivity contribution in [2.24, 2.45) is 0 Å². The van der Waals surface area contributed by atoms with Crippen LogP contribution in [0.15, 0.2) is 30.5 Å². The summed E-state index contributed by atoms with van der Waals surface area (Å²) in [5, 5.41) is 0. The summed E-state index contributed by atoms with van der Waals surface area (Å²) in [6.45, 7) is 4.10. The first-order valence-electron chi connectivity index (χ1n) is 5.39. The van der Waals surface area contributed by atoms with E-state index in [4.69, 9.17) is 0 Å². The van der Waals surface area contributed by atoms with Crippen LogP contribution in [0, 0.1) is 0 Å². The number of carbonyl (C=O) groups is 1. The van der Waals surface area contributed by atoms with Crippen LogP contribution in [0.1, 0.15) is 31.5 Å². The predicted octanol–water partition coefficient (Wildman–Crippen LogP) is 2.72. The monoisotopic (exact) mass is 203 g/mol. The van der Waals surface area contributed by atoms with Crippen molar-refractivity contribution in [3.8, 4) is 0 Å². The van der Waals surface area contributed by atoms with E-state index in [0.29, 0.717) is 6.42 Å². The Morgan fingerprint density at radius 1 is 1.40 bits per heavy atom. The molecule has 2 heteroatoms. The largest absolute Gasteiger partial charge is 0.294 e. The number of carbonyl (C=O) groups excluding carboxylic acids is 1. The summed E-state index contributed by atoms with van der Waals surface area (Å²) in [5.74, 6) is 0.119. The van der Waals surface area contributed by atoms with Crippen molar-refractivity contribution in [3.05, 3.63) is 41.7 Å². The number of hydrogen-bond acceptors (Lipinski definition) is 2. The van der Waals surface area contributed by atoms with Crippen LogP contribution in [0.2, 0.25) is 0 Å². The molecule has 0 aliphatic carbocycles. The summed E-state index contributed by atoms with van der Waals surface area (Å²) in [6.07, 6.45) is 7.63. The Balaban J connectivity index is 2.57. The van der Waals surface area contributed by atoms with Gasteiger partial charge in [-0.15, -0.1) is 0 Å². The van der Waals surface area contributed by atoms with E-state index in [1.165, 1.54) is 5.56 Å². The maximum atomic E-state index is 11.4. The van der Waals surface area contributed by atoms with Gasteiger partial charge in [-0.2, -0.15) is 0 Å². The van der Waals surface area contributed by atoms with Crippen LogP contribution < -0.4 is 0 Å². The predicted molar refractivity (Wildman–Crippen MR) is 61.8 cm³/mol. The smallest absolute Gasteiger partial charge is 0.161 e. The fraction of sp³-hybridized carbons (Fsp3) is 0.385. The van der Waals surface area contributed by atoms with Gasteiger partial charge >= 0.3 is 0 Å². The fourth-order valence-corrected chi connectivity index (χ4v) is 1.26. The maximum Gasteiger partial charge on any atom is 0.161 e. The van der Waals surface area contributed by atoms with Gasteiger partial charge in [0.05, 0.1) is 6.42 Å². The standard InChI is InChI=1S/C13H17NO/c1-3-5-6-13(15)9-12-8-7-11(4-2)10-14-12/h5-8,10H,3-4,9H2,1-2H3/b6-5+. The molecule has 0 aromatic carbocycles. The third-order valence-electron chi connectivity index (χ3n) is 2.19. The molecule has 0 fully saturated rings. The molecule has 0 bridgehead atoms. The highest BCUT2D eigenvalue weighted by Gasteiger charge is 2.00. The molecule has 1 aromatic rings. The molecule has 0 saturated carbocycles. The van der Waals surface area contributed by atoms with Gasteiger partial charge in [0.25, 0.3) is 0 Å². The van der Waals surface area contributed by atoms with Crippen LogP contribution in [0.4, 0.5) is 0 Å². The molecule has 80 valence electrons. The van der Waals surface area contributed by atoms with Crippen molar-refractivity contribution < 1.29 is 4.79 Å². The van der Waals surface area contributed by atoms with Crippen LogP contribution in [0.25, 0.3) is 0 Å². The quantitative estimate of drug-likeness (QED) is 0.689. The van der Waals surface area contributed by atoms with Crippen LogP contribution in [0.5, 0.6) is 0 Å². The lowest BCUT2D eigenvalue weighted by Crippen LogP contribution is -2.01. The number of aromatic nitrogens is 1. The molecule has 0 aliphatic heterocycles. The highest BCUT2D eigenvalue weighted by Crippen LogP contribution is 2.02. The second-order valence-electron chi connectivity index (χ2n) is 3.47. The van der Waals surface area contributed by atoms with Gasteiger partial charge in [0, 0.05) is 11.9 Å². The molecule has 0 atom stereocenters. The lowest BCUT2D eigenvalue weighted by molar-refractivity contribution is -0.114. The second-order valence-corrected chi connectivity index (χ2v) is 3.47. The lowest BCUT2D eigenvalue weighted by atomic mass is 10.1. The topological polar surface area (TPSA) is 30.0 Å². The molecule has 1 rings (SSSR count). The minimum absolute atomic E-state index is 0.119. The maximum absolute atomic E-state index is 11.4. The highest BCUT2D eigenvalue weighted by molar-refractivity contribution is 5.91. The first-order chi connectivity index (χ1) is 7.26. The molecule has 1 aromatic heterocycles. The number of ketones is 1. The number of pyridine rings is 1. The Morgan fingerprint density at radius 3 is 2.73 bits per heavy atom. The van der Waals surface area contributed by atoms with Crippen molar-refractivity contribution in [2.75, 3.05) is 0 Å². The molecular weight excluding hydrogens is 186 g/mol. The van der Waals surface area contributed by atoms with Crippen molar-refractivity contribution in [3.63, 3.8) is 0 Å². The summed E-state index contributed by atoms with van der Waals surface area (Å²) in [4.78, 5) is 15.6. The van der Waals surface area contributed by atoms with Crippen LogP contribution in [-0.2, 0) is 17.6 Å². The Morgan fingerprint density at radius 2 is 2.20 bits per heavy atom. The van der Waals surface area contributed by atoms with E-state index >= 15 is 0 Å². The average molecular weight is 203 g/mol.